The molecule has 3 heterocycles. The number of thiophene rings is 1. The molecule has 12 rings (SSSR count). The lowest BCUT2D eigenvalue weighted by molar-refractivity contribution is 0.660. The van der Waals surface area contributed by atoms with E-state index in [-0.39, 0.29) is 5.41 Å². The van der Waals surface area contributed by atoms with E-state index in [4.69, 9.17) is 15.0 Å². The molecule has 1 aliphatic carbocycles. The monoisotopic (exact) mass is 783 g/mol. The van der Waals surface area contributed by atoms with Crippen LogP contribution in [-0.2, 0) is 5.41 Å². The van der Waals surface area contributed by atoms with E-state index in [0.29, 0.717) is 5.82 Å². The number of aromatic nitrogens is 3. The molecule has 0 radical (unpaired) electrons. The quantitative estimate of drug-likeness (QED) is 0.174. The minimum atomic E-state index is -0.102. The topological polar surface area (TPSA) is 38.7 Å². The van der Waals surface area contributed by atoms with Crippen LogP contribution in [0.15, 0.2) is 188 Å². The number of fused-ring (bicyclic) bond motifs is 9. The Morgan fingerprint density at radius 3 is 1.80 bits per heavy atom. The van der Waals surface area contributed by atoms with Gasteiger partial charge in [0.15, 0.2) is 5.82 Å². The van der Waals surface area contributed by atoms with Gasteiger partial charge < -0.3 is 0 Å². The van der Waals surface area contributed by atoms with E-state index in [1.165, 1.54) is 64.1 Å². The summed E-state index contributed by atoms with van der Waals surface area (Å²) in [4.78, 5) is 15.7. The van der Waals surface area contributed by atoms with E-state index < -0.39 is 0 Å². The van der Waals surface area contributed by atoms with Crippen LogP contribution in [0.2, 0.25) is 0 Å². The van der Waals surface area contributed by atoms with Crippen molar-refractivity contribution in [3.63, 3.8) is 0 Å². The average molecular weight is 784 g/mol. The molecule has 0 unspecified atom stereocenters. The number of rotatable bonds is 5. The summed E-state index contributed by atoms with van der Waals surface area (Å²) >= 11 is 1.84. The first-order valence-corrected chi connectivity index (χ1v) is 21.3. The summed E-state index contributed by atoms with van der Waals surface area (Å²) in [7, 11) is 0. The molecule has 4 heteroatoms. The minimum Gasteiger partial charge on any atom is -0.246 e. The molecule has 0 saturated heterocycles. The van der Waals surface area contributed by atoms with Crippen molar-refractivity contribution in [3.8, 4) is 67.4 Å². The van der Waals surface area contributed by atoms with Gasteiger partial charge in [0.25, 0.3) is 0 Å². The molecule has 0 fully saturated rings. The molecule has 60 heavy (non-hydrogen) atoms. The maximum absolute atomic E-state index is 5.36. The number of hydrogen-bond donors (Lipinski definition) is 0. The third-order valence-electron chi connectivity index (χ3n) is 12.5. The first-order valence-electron chi connectivity index (χ1n) is 20.5. The van der Waals surface area contributed by atoms with Crippen molar-refractivity contribution in [2.24, 2.45) is 0 Å². The van der Waals surface area contributed by atoms with E-state index >= 15 is 0 Å². The fourth-order valence-corrected chi connectivity index (χ4v) is 10.7. The van der Waals surface area contributed by atoms with Crippen LogP contribution >= 0.6 is 11.3 Å². The Bertz CT molecular complexity index is 3510. The molecule has 0 amide bonds. The lowest BCUT2D eigenvalue weighted by Crippen LogP contribution is -2.14. The van der Waals surface area contributed by atoms with Crippen LogP contribution in [0.4, 0.5) is 0 Å². The Morgan fingerprint density at radius 1 is 0.400 bits per heavy atom. The highest BCUT2D eigenvalue weighted by molar-refractivity contribution is 7.26. The fraction of sp³-hybridized carbons (Fsp3) is 0.0536. The van der Waals surface area contributed by atoms with E-state index in [1.807, 2.05) is 29.5 Å². The first kappa shape index (κ1) is 34.7. The Hall–Kier alpha value is -7.27. The zero-order valence-corrected chi connectivity index (χ0v) is 34.0. The fourth-order valence-electron chi connectivity index (χ4n) is 9.52. The molecular weight excluding hydrogens is 747 g/mol. The van der Waals surface area contributed by atoms with Gasteiger partial charge in [-0.1, -0.05) is 178 Å². The minimum absolute atomic E-state index is 0.102. The Labute approximate surface area is 352 Å². The zero-order chi connectivity index (χ0) is 40.0. The molecule has 0 spiro atoms. The molecule has 282 valence electrons. The van der Waals surface area contributed by atoms with Gasteiger partial charge in [0.1, 0.15) is 0 Å². The summed E-state index contributed by atoms with van der Waals surface area (Å²) in [6, 6.07) is 67.5. The van der Waals surface area contributed by atoms with Gasteiger partial charge in [0, 0.05) is 48.5 Å². The summed E-state index contributed by atoms with van der Waals surface area (Å²) in [6.45, 7) is 4.65. The van der Waals surface area contributed by atoms with Crippen molar-refractivity contribution < 1.29 is 0 Å². The van der Waals surface area contributed by atoms with Gasteiger partial charge >= 0.3 is 0 Å². The average Bonchev–Trinajstić information content (AvgIpc) is 3.81. The Balaban J connectivity index is 0.962. The van der Waals surface area contributed by atoms with Gasteiger partial charge in [-0.2, -0.15) is 0 Å². The Kier molecular flexibility index (Phi) is 7.75. The second-order valence-corrected chi connectivity index (χ2v) is 17.4. The van der Waals surface area contributed by atoms with Gasteiger partial charge in [0.2, 0.25) is 0 Å². The van der Waals surface area contributed by atoms with E-state index in [1.54, 1.807) is 0 Å². The predicted octanol–water partition coefficient (Wildman–Crippen LogP) is 15.2. The Morgan fingerprint density at radius 2 is 0.983 bits per heavy atom. The SMILES string of the molecule is CC1(C)c2ccccc2-c2ccc(-c3cc(-c4ccc(-c5ccc(-c6nc7ccccc7c7c6sc6ccccc67)c6ccccc56)cc4)nc(-c4ccccc4)n3)cc21. The molecule has 0 saturated carbocycles. The number of benzene rings is 8. The maximum atomic E-state index is 5.36. The highest BCUT2D eigenvalue weighted by Gasteiger charge is 2.35. The molecule has 3 nitrogen and oxygen atoms in total. The van der Waals surface area contributed by atoms with Crippen LogP contribution in [0.5, 0.6) is 0 Å². The summed E-state index contributed by atoms with van der Waals surface area (Å²) in [5.41, 5.74) is 15.7. The van der Waals surface area contributed by atoms with E-state index in [0.717, 1.165) is 50.4 Å². The summed E-state index contributed by atoms with van der Waals surface area (Å²) in [5.74, 6) is 0.715. The molecule has 8 aromatic carbocycles. The third kappa shape index (κ3) is 5.38. The molecule has 0 N–H and O–H groups in total. The van der Waals surface area contributed by atoms with Gasteiger partial charge in [-0.3, -0.25) is 0 Å². The standard InChI is InChI=1S/C56H37N3S/c1-56(2)46-21-11-8-18-41(46)42-29-28-37(32-47(42)56)50-33-49(58-55(59-50)36-14-4-3-5-15-36)35-26-24-34(25-27-35)38-30-31-43(40-17-7-6-16-39(38)40)53-54-52(44-19-9-12-22-48(44)57-53)45-20-10-13-23-51(45)60-54/h3-33H,1-2H3. The highest BCUT2D eigenvalue weighted by Crippen LogP contribution is 2.50. The van der Waals surface area contributed by atoms with Crippen LogP contribution in [0.3, 0.4) is 0 Å². The lowest BCUT2D eigenvalue weighted by atomic mass is 9.82. The summed E-state index contributed by atoms with van der Waals surface area (Å²) in [6.07, 6.45) is 0. The normalized spacial score (nSPS) is 13.0. The molecule has 0 bridgehead atoms. The van der Waals surface area contributed by atoms with Gasteiger partial charge in [-0.25, -0.2) is 15.0 Å². The number of hydrogen-bond acceptors (Lipinski definition) is 4. The van der Waals surface area contributed by atoms with Crippen molar-refractivity contribution >= 4 is 53.2 Å². The van der Waals surface area contributed by atoms with Gasteiger partial charge in [-0.15, -0.1) is 11.3 Å². The van der Waals surface area contributed by atoms with Crippen LogP contribution in [-0.4, -0.2) is 15.0 Å². The largest absolute Gasteiger partial charge is 0.246 e. The first-order chi connectivity index (χ1) is 29.5. The van der Waals surface area contributed by atoms with E-state index in [2.05, 4.69) is 184 Å². The van der Waals surface area contributed by atoms with Crippen molar-refractivity contribution in [1.82, 2.24) is 15.0 Å². The molecular formula is C56H37N3S. The van der Waals surface area contributed by atoms with Crippen molar-refractivity contribution in [2.75, 3.05) is 0 Å². The molecule has 0 aliphatic heterocycles. The summed E-state index contributed by atoms with van der Waals surface area (Å²) < 4.78 is 2.51. The van der Waals surface area contributed by atoms with Crippen molar-refractivity contribution in [1.29, 1.82) is 0 Å². The van der Waals surface area contributed by atoms with Crippen molar-refractivity contribution in [2.45, 2.75) is 19.3 Å². The second-order valence-electron chi connectivity index (χ2n) is 16.3. The third-order valence-corrected chi connectivity index (χ3v) is 13.7. The second kappa shape index (κ2) is 13.4. The van der Waals surface area contributed by atoms with Crippen molar-refractivity contribution in [3.05, 3.63) is 199 Å². The number of nitrogens with zero attached hydrogens (tertiary/aromatic N) is 3. The van der Waals surface area contributed by atoms with Crippen LogP contribution in [0, 0.1) is 0 Å². The summed E-state index contributed by atoms with van der Waals surface area (Å²) in [5, 5.41) is 6.16. The van der Waals surface area contributed by atoms with Gasteiger partial charge in [0.05, 0.1) is 27.3 Å². The predicted molar refractivity (Wildman–Crippen MR) is 252 cm³/mol. The molecule has 11 aromatic rings. The lowest BCUT2D eigenvalue weighted by Gasteiger charge is -2.22. The maximum Gasteiger partial charge on any atom is 0.160 e. The smallest absolute Gasteiger partial charge is 0.160 e. The number of para-hydroxylation sites is 1. The molecule has 3 aromatic heterocycles. The van der Waals surface area contributed by atoms with Crippen LogP contribution < -0.4 is 0 Å². The zero-order valence-electron chi connectivity index (χ0n) is 33.1. The highest BCUT2D eigenvalue weighted by atomic mass is 32.1. The van der Waals surface area contributed by atoms with E-state index in [9.17, 15) is 0 Å². The molecule has 1 aliphatic rings. The number of pyridine rings is 1. The van der Waals surface area contributed by atoms with Gasteiger partial charge in [-0.05, 0) is 68.4 Å². The molecule has 0 atom stereocenters. The van der Waals surface area contributed by atoms with Crippen LogP contribution in [0.25, 0.3) is 109 Å². The van der Waals surface area contributed by atoms with Crippen LogP contribution in [0.1, 0.15) is 25.0 Å².